The average Bonchev–Trinajstić information content (AvgIpc) is 3.11. The van der Waals surface area contributed by atoms with Crippen molar-refractivity contribution >= 4 is 11.6 Å². The van der Waals surface area contributed by atoms with Gasteiger partial charge in [0.1, 0.15) is 12.2 Å². The summed E-state index contributed by atoms with van der Waals surface area (Å²) in [5.74, 6) is -0.340. The summed E-state index contributed by atoms with van der Waals surface area (Å²) in [6, 6.07) is 11.2. The molecule has 0 fully saturated rings. The molecule has 2 aromatic heterocycles. The fraction of sp³-hybridized carbons (Fsp3) is 0.316. The van der Waals surface area contributed by atoms with Crippen LogP contribution < -0.4 is 5.32 Å². The Morgan fingerprint density at radius 1 is 1.11 bits per heavy atom. The Hall–Kier alpha value is -3.03. The number of halogens is 2. The van der Waals surface area contributed by atoms with Gasteiger partial charge >= 0.3 is 0 Å². The summed E-state index contributed by atoms with van der Waals surface area (Å²) in [7, 11) is 0. The third-order valence-corrected chi connectivity index (χ3v) is 4.34. The van der Waals surface area contributed by atoms with Gasteiger partial charge in [-0.1, -0.05) is 30.3 Å². The van der Waals surface area contributed by atoms with Crippen molar-refractivity contribution in [3.05, 3.63) is 64.7 Å². The van der Waals surface area contributed by atoms with E-state index in [1.54, 1.807) is 6.92 Å². The number of amides is 1. The number of alkyl halides is 2. The van der Waals surface area contributed by atoms with E-state index in [4.69, 9.17) is 0 Å². The van der Waals surface area contributed by atoms with Gasteiger partial charge in [-0.05, 0) is 32.4 Å². The smallest absolute Gasteiger partial charge is 0.282 e. The van der Waals surface area contributed by atoms with Crippen LogP contribution in [0.3, 0.4) is 0 Å². The predicted octanol–water partition coefficient (Wildman–Crippen LogP) is 3.63. The third kappa shape index (κ3) is 4.21. The molecule has 27 heavy (non-hydrogen) atoms. The van der Waals surface area contributed by atoms with Crippen molar-refractivity contribution in [3.8, 4) is 0 Å². The minimum atomic E-state index is -2.66. The third-order valence-electron chi connectivity index (χ3n) is 4.34. The van der Waals surface area contributed by atoms with Crippen LogP contribution in [0.5, 0.6) is 0 Å². The van der Waals surface area contributed by atoms with Crippen molar-refractivity contribution in [1.82, 2.24) is 19.6 Å². The monoisotopic (exact) mass is 373 g/mol. The van der Waals surface area contributed by atoms with E-state index in [1.807, 2.05) is 48.9 Å². The molecule has 3 rings (SSSR count). The Bertz CT molecular complexity index is 947. The molecule has 0 spiro atoms. The van der Waals surface area contributed by atoms with Crippen LogP contribution in [0.1, 0.15) is 34.8 Å². The first kappa shape index (κ1) is 18.8. The summed E-state index contributed by atoms with van der Waals surface area (Å²) in [5.41, 5.74) is 3.44. The van der Waals surface area contributed by atoms with Crippen molar-refractivity contribution in [1.29, 1.82) is 0 Å². The van der Waals surface area contributed by atoms with Crippen molar-refractivity contribution in [2.24, 2.45) is 0 Å². The molecule has 3 aromatic rings. The molecule has 0 atom stereocenters. The number of aromatic nitrogens is 4. The largest absolute Gasteiger partial charge is 0.321 e. The molecule has 1 amide bonds. The first-order chi connectivity index (χ1) is 12.8. The van der Waals surface area contributed by atoms with Gasteiger partial charge in [-0.3, -0.25) is 14.2 Å². The SMILES string of the molecule is Cc1nn(Cc2ccccc2)c(C)c1NC(=O)Cn1nc(C(F)F)cc1C. The van der Waals surface area contributed by atoms with Gasteiger partial charge in [-0.2, -0.15) is 10.2 Å². The number of carbonyl (C=O) groups is 1. The molecular weight excluding hydrogens is 352 g/mol. The second-order valence-corrected chi connectivity index (χ2v) is 6.41. The van der Waals surface area contributed by atoms with Crippen LogP contribution in [0, 0.1) is 20.8 Å². The zero-order chi connectivity index (χ0) is 19.6. The van der Waals surface area contributed by atoms with E-state index in [-0.39, 0.29) is 18.1 Å². The summed E-state index contributed by atoms with van der Waals surface area (Å²) in [5, 5.41) is 11.1. The first-order valence-corrected chi connectivity index (χ1v) is 8.55. The molecule has 0 aliphatic heterocycles. The maximum Gasteiger partial charge on any atom is 0.282 e. The second kappa shape index (κ2) is 7.69. The fourth-order valence-corrected chi connectivity index (χ4v) is 2.91. The zero-order valence-electron chi connectivity index (χ0n) is 15.4. The summed E-state index contributed by atoms with van der Waals surface area (Å²) >= 11 is 0. The Labute approximate surface area is 155 Å². The number of rotatable bonds is 6. The Morgan fingerprint density at radius 2 is 1.81 bits per heavy atom. The van der Waals surface area contributed by atoms with Gasteiger partial charge in [0.05, 0.1) is 23.6 Å². The molecule has 0 bridgehead atoms. The van der Waals surface area contributed by atoms with Crippen LogP contribution in [-0.2, 0) is 17.9 Å². The molecule has 0 saturated carbocycles. The summed E-state index contributed by atoms with van der Waals surface area (Å²) in [6.07, 6.45) is -2.66. The number of nitrogens with one attached hydrogen (secondary N) is 1. The number of hydrogen-bond donors (Lipinski definition) is 1. The van der Waals surface area contributed by atoms with Crippen LogP contribution in [0.2, 0.25) is 0 Å². The van der Waals surface area contributed by atoms with E-state index in [9.17, 15) is 13.6 Å². The number of hydrogen-bond acceptors (Lipinski definition) is 3. The fourth-order valence-electron chi connectivity index (χ4n) is 2.91. The summed E-state index contributed by atoms with van der Waals surface area (Å²) < 4.78 is 28.6. The van der Waals surface area contributed by atoms with Crippen LogP contribution >= 0.6 is 0 Å². The lowest BCUT2D eigenvalue weighted by Gasteiger charge is -2.08. The van der Waals surface area contributed by atoms with Gasteiger partial charge in [0.15, 0.2) is 0 Å². The number of aryl methyl sites for hydroxylation is 2. The molecule has 0 aliphatic carbocycles. The zero-order valence-corrected chi connectivity index (χ0v) is 15.4. The lowest BCUT2D eigenvalue weighted by Crippen LogP contribution is -2.21. The van der Waals surface area contributed by atoms with E-state index in [2.05, 4.69) is 15.5 Å². The minimum Gasteiger partial charge on any atom is -0.321 e. The lowest BCUT2D eigenvalue weighted by molar-refractivity contribution is -0.117. The molecule has 1 N–H and O–H groups in total. The van der Waals surface area contributed by atoms with Crippen molar-refractivity contribution in [2.75, 3.05) is 5.32 Å². The molecule has 0 radical (unpaired) electrons. The lowest BCUT2D eigenvalue weighted by atomic mass is 10.2. The maximum atomic E-state index is 12.7. The van der Waals surface area contributed by atoms with E-state index < -0.39 is 6.43 Å². The van der Waals surface area contributed by atoms with Crippen LogP contribution in [0.15, 0.2) is 36.4 Å². The van der Waals surface area contributed by atoms with Crippen molar-refractivity contribution < 1.29 is 13.6 Å². The average molecular weight is 373 g/mol. The molecule has 0 unspecified atom stereocenters. The normalized spacial score (nSPS) is 11.2. The molecule has 1 aromatic carbocycles. The number of benzene rings is 1. The van der Waals surface area contributed by atoms with Crippen LogP contribution in [0.25, 0.3) is 0 Å². The molecule has 142 valence electrons. The molecule has 0 aliphatic rings. The van der Waals surface area contributed by atoms with Crippen molar-refractivity contribution in [2.45, 2.75) is 40.3 Å². The maximum absolute atomic E-state index is 12.7. The minimum absolute atomic E-state index is 0.138. The Balaban J connectivity index is 1.73. The molecular formula is C19H21F2N5O. The van der Waals surface area contributed by atoms with Gasteiger partial charge in [-0.25, -0.2) is 8.78 Å². The standard InChI is InChI=1S/C19H21F2N5O/c1-12-9-16(19(20)21)24-25(12)11-17(27)22-18-13(2)23-26(14(18)3)10-15-7-5-4-6-8-15/h4-9,19H,10-11H2,1-3H3,(H,22,27). The quantitative estimate of drug-likeness (QED) is 0.718. The number of carbonyl (C=O) groups excluding carboxylic acids is 1. The van der Waals surface area contributed by atoms with Gasteiger partial charge < -0.3 is 5.32 Å². The number of anilines is 1. The van der Waals surface area contributed by atoms with Gasteiger partial charge in [-0.15, -0.1) is 0 Å². The highest BCUT2D eigenvalue weighted by Gasteiger charge is 2.18. The second-order valence-electron chi connectivity index (χ2n) is 6.41. The van der Waals surface area contributed by atoms with Crippen LogP contribution in [-0.4, -0.2) is 25.5 Å². The van der Waals surface area contributed by atoms with Crippen molar-refractivity contribution in [3.63, 3.8) is 0 Å². The predicted molar refractivity (Wildman–Crippen MR) is 97.8 cm³/mol. The topological polar surface area (TPSA) is 64.7 Å². The summed E-state index contributed by atoms with van der Waals surface area (Å²) in [6.45, 7) is 5.80. The van der Waals surface area contributed by atoms with Crippen LogP contribution in [0.4, 0.5) is 14.5 Å². The Kier molecular flexibility index (Phi) is 5.34. The highest BCUT2D eigenvalue weighted by atomic mass is 19.3. The molecule has 6 nitrogen and oxygen atoms in total. The molecule has 2 heterocycles. The molecule has 8 heteroatoms. The van der Waals surface area contributed by atoms with E-state index in [0.717, 1.165) is 11.3 Å². The molecule has 0 saturated heterocycles. The highest BCUT2D eigenvalue weighted by Crippen LogP contribution is 2.21. The van der Waals surface area contributed by atoms with E-state index >= 15 is 0 Å². The first-order valence-electron chi connectivity index (χ1n) is 8.55. The van der Waals surface area contributed by atoms with Gasteiger partial charge in [0.25, 0.3) is 6.43 Å². The summed E-state index contributed by atoms with van der Waals surface area (Å²) in [4.78, 5) is 12.4. The highest BCUT2D eigenvalue weighted by molar-refractivity contribution is 5.91. The van der Waals surface area contributed by atoms with Gasteiger partial charge in [0, 0.05) is 5.69 Å². The van der Waals surface area contributed by atoms with Gasteiger partial charge in [0.2, 0.25) is 5.91 Å². The van der Waals surface area contributed by atoms with E-state index in [1.165, 1.54) is 10.7 Å². The Morgan fingerprint density at radius 3 is 2.44 bits per heavy atom. The number of nitrogens with zero attached hydrogens (tertiary/aromatic N) is 4. The van der Waals surface area contributed by atoms with E-state index in [0.29, 0.717) is 23.6 Å².